The second-order valence-corrected chi connectivity index (χ2v) is 14.9. The minimum absolute atomic E-state index is 0.360. The van der Waals surface area contributed by atoms with Crippen LogP contribution in [0.4, 0.5) is 22.7 Å². The molecule has 0 unspecified atom stereocenters. The third kappa shape index (κ3) is 4.92. The average Bonchev–Trinajstić information content (AvgIpc) is 3.92. The topological polar surface area (TPSA) is 56.6 Å². The van der Waals surface area contributed by atoms with Gasteiger partial charge in [-0.05, 0) is 54.1 Å². The van der Waals surface area contributed by atoms with E-state index in [1.807, 2.05) is 36.4 Å². The van der Waals surface area contributed by atoms with Gasteiger partial charge in [-0.25, -0.2) is 0 Å². The van der Waals surface area contributed by atoms with Crippen molar-refractivity contribution in [1.29, 1.82) is 0 Å². The smallest absolute Gasteiger partial charge is 0.148 e. The van der Waals surface area contributed by atoms with E-state index >= 15 is 0 Å². The van der Waals surface area contributed by atoms with E-state index in [1.54, 1.807) is 11.3 Å². The number of thiophene rings is 1. The van der Waals surface area contributed by atoms with Crippen molar-refractivity contribution in [3.8, 4) is 11.4 Å². The normalized spacial score (nSPS) is 11.8. The first-order valence-corrected chi connectivity index (χ1v) is 19.2. The Hall–Kier alpha value is -7.02. The highest BCUT2D eigenvalue weighted by Crippen LogP contribution is 2.54. The van der Waals surface area contributed by atoms with Gasteiger partial charge in [-0.15, -0.1) is 11.3 Å². The van der Waals surface area contributed by atoms with Crippen molar-refractivity contribution in [1.82, 2.24) is 4.57 Å². The molecular formula is C49H33N3O2S. The van der Waals surface area contributed by atoms with Gasteiger partial charge in [0.25, 0.3) is 0 Å². The average molecular weight is 728 g/mol. The third-order valence-corrected chi connectivity index (χ3v) is 11.8. The number of hydrogen-bond donors (Lipinski definition) is 1. The van der Waals surface area contributed by atoms with Crippen molar-refractivity contribution >= 4 is 98.0 Å². The molecule has 0 bridgehead atoms. The van der Waals surface area contributed by atoms with Crippen LogP contribution in [0.1, 0.15) is 5.56 Å². The van der Waals surface area contributed by atoms with Crippen molar-refractivity contribution in [3.05, 3.63) is 181 Å². The van der Waals surface area contributed by atoms with Crippen molar-refractivity contribution in [2.45, 2.75) is 6.61 Å². The quantitative estimate of drug-likeness (QED) is 0.166. The van der Waals surface area contributed by atoms with Crippen LogP contribution in [-0.2, 0) is 6.61 Å². The molecule has 0 saturated carbocycles. The van der Waals surface area contributed by atoms with Gasteiger partial charge in [0.05, 0.1) is 39.2 Å². The molecule has 0 fully saturated rings. The van der Waals surface area contributed by atoms with Gasteiger partial charge in [0.15, 0.2) is 0 Å². The van der Waals surface area contributed by atoms with Gasteiger partial charge in [-0.2, -0.15) is 0 Å². The highest BCUT2D eigenvalue weighted by Gasteiger charge is 2.29. The van der Waals surface area contributed by atoms with Crippen molar-refractivity contribution in [2.24, 2.45) is 0 Å². The summed E-state index contributed by atoms with van der Waals surface area (Å²) in [6.07, 6.45) is 0. The van der Waals surface area contributed by atoms with Crippen LogP contribution >= 0.6 is 11.3 Å². The molecule has 0 aliphatic heterocycles. The minimum atomic E-state index is 0.360. The minimum Gasteiger partial charge on any atom is -0.487 e. The van der Waals surface area contributed by atoms with Crippen LogP contribution < -0.4 is 15.4 Å². The molecule has 0 aliphatic rings. The number of ether oxygens (including phenoxy) is 1. The van der Waals surface area contributed by atoms with Gasteiger partial charge in [-0.3, -0.25) is 0 Å². The standard InChI is InChI=1S/C49H33N3O2S/c50-47-42(53-30-31-15-3-1-4-16-31)29-41-46(35-20-8-11-26-40(35)54-41)49(47)52(38-24-14-28-44-45(38)36-21-9-12-27-43(36)55-44)39-25-13-22-34-33-19-7-10-23-37(33)51(48(34)39)32-17-5-2-6-18-32/h1-29H,30,50H2. The van der Waals surface area contributed by atoms with Crippen LogP contribution in [-0.4, -0.2) is 4.57 Å². The van der Waals surface area contributed by atoms with E-state index in [0.717, 1.165) is 61.1 Å². The highest BCUT2D eigenvalue weighted by molar-refractivity contribution is 7.26. The molecule has 6 heteroatoms. The van der Waals surface area contributed by atoms with Gasteiger partial charge < -0.3 is 24.4 Å². The second-order valence-electron chi connectivity index (χ2n) is 13.8. The zero-order valence-electron chi connectivity index (χ0n) is 29.6. The lowest BCUT2D eigenvalue weighted by Gasteiger charge is -2.30. The summed E-state index contributed by atoms with van der Waals surface area (Å²) in [5.74, 6) is 0.563. The van der Waals surface area contributed by atoms with Gasteiger partial charge in [0, 0.05) is 48.1 Å². The first-order valence-electron chi connectivity index (χ1n) is 18.4. The van der Waals surface area contributed by atoms with Gasteiger partial charge >= 0.3 is 0 Å². The van der Waals surface area contributed by atoms with Crippen molar-refractivity contribution < 1.29 is 9.15 Å². The first-order chi connectivity index (χ1) is 27.2. The number of furan rings is 1. The summed E-state index contributed by atoms with van der Waals surface area (Å²) in [5, 5.41) is 6.59. The number of para-hydroxylation sites is 4. The third-order valence-electron chi connectivity index (χ3n) is 10.7. The summed E-state index contributed by atoms with van der Waals surface area (Å²) >= 11 is 1.81. The molecule has 262 valence electrons. The van der Waals surface area contributed by atoms with Crippen LogP contribution in [0.5, 0.6) is 5.75 Å². The number of fused-ring (bicyclic) bond motifs is 9. The fourth-order valence-electron chi connectivity index (χ4n) is 8.28. The van der Waals surface area contributed by atoms with Gasteiger partial charge in [0.2, 0.25) is 0 Å². The van der Waals surface area contributed by atoms with E-state index in [9.17, 15) is 0 Å². The molecule has 0 amide bonds. The molecule has 3 aromatic heterocycles. The second kappa shape index (κ2) is 12.5. The fraction of sp³-hybridized carbons (Fsp3) is 0.0204. The SMILES string of the molecule is Nc1c(OCc2ccccc2)cc2oc3ccccc3c2c1N(c1cccc2sc3ccccc3c12)c1cccc2c3ccccc3n(-c3ccccc3)c12. The Kier molecular flexibility index (Phi) is 7.19. The zero-order chi connectivity index (χ0) is 36.5. The van der Waals surface area contributed by atoms with Crippen LogP contribution in [0.2, 0.25) is 0 Å². The Morgan fingerprint density at radius 3 is 2.07 bits per heavy atom. The van der Waals surface area contributed by atoms with Crippen LogP contribution in [0.3, 0.4) is 0 Å². The number of hydrogen-bond acceptors (Lipinski definition) is 5. The summed E-state index contributed by atoms with van der Waals surface area (Å²) in [7, 11) is 0. The molecule has 2 N–H and O–H groups in total. The summed E-state index contributed by atoms with van der Waals surface area (Å²) in [4.78, 5) is 2.37. The van der Waals surface area contributed by atoms with E-state index < -0.39 is 0 Å². The number of nitrogens with zero attached hydrogens (tertiary/aromatic N) is 2. The van der Waals surface area contributed by atoms with E-state index in [0.29, 0.717) is 23.6 Å². The lowest BCUT2D eigenvalue weighted by Crippen LogP contribution is -2.15. The molecule has 0 radical (unpaired) electrons. The van der Waals surface area contributed by atoms with Crippen LogP contribution in [0.15, 0.2) is 180 Å². The first kappa shape index (κ1) is 31.5. The van der Waals surface area contributed by atoms with E-state index in [2.05, 4.69) is 149 Å². The van der Waals surface area contributed by atoms with E-state index in [4.69, 9.17) is 14.9 Å². The number of benzene rings is 8. The lowest BCUT2D eigenvalue weighted by atomic mass is 10.0. The number of nitrogen functional groups attached to an aromatic ring is 1. The van der Waals surface area contributed by atoms with Crippen LogP contribution in [0.25, 0.3) is 69.6 Å². The molecule has 5 nitrogen and oxygen atoms in total. The monoisotopic (exact) mass is 727 g/mol. The molecular weight excluding hydrogens is 695 g/mol. The molecule has 3 heterocycles. The van der Waals surface area contributed by atoms with E-state index in [1.165, 1.54) is 25.6 Å². The number of rotatable bonds is 7. The Morgan fingerprint density at radius 2 is 1.22 bits per heavy atom. The Bertz CT molecular complexity index is 3230. The van der Waals surface area contributed by atoms with Gasteiger partial charge in [-0.1, -0.05) is 121 Å². The zero-order valence-corrected chi connectivity index (χ0v) is 30.5. The van der Waals surface area contributed by atoms with E-state index in [-0.39, 0.29) is 0 Å². The maximum Gasteiger partial charge on any atom is 0.148 e. The summed E-state index contributed by atoms with van der Waals surface area (Å²) in [5.41, 5.74) is 16.7. The van der Waals surface area contributed by atoms with Crippen molar-refractivity contribution in [3.63, 3.8) is 0 Å². The van der Waals surface area contributed by atoms with Gasteiger partial charge in [0.1, 0.15) is 23.5 Å². The fourth-order valence-corrected chi connectivity index (χ4v) is 9.41. The molecule has 8 aromatic carbocycles. The summed E-state index contributed by atoms with van der Waals surface area (Å²) < 4.78 is 18.1. The highest BCUT2D eigenvalue weighted by atomic mass is 32.1. The number of anilines is 4. The Morgan fingerprint density at radius 1 is 0.564 bits per heavy atom. The maximum absolute atomic E-state index is 7.53. The predicted octanol–water partition coefficient (Wildman–Crippen LogP) is 13.7. The molecule has 0 aliphatic carbocycles. The molecule has 0 saturated heterocycles. The largest absolute Gasteiger partial charge is 0.487 e. The molecule has 0 spiro atoms. The molecule has 11 rings (SSSR count). The predicted molar refractivity (Wildman–Crippen MR) is 231 cm³/mol. The Labute approximate surface area is 320 Å². The molecule has 11 aromatic rings. The Balaban J connectivity index is 1.31. The summed E-state index contributed by atoms with van der Waals surface area (Å²) in [6, 6.07) is 61.5. The maximum atomic E-state index is 7.53. The lowest BCUT2D eigenvalue weighted by molar-refractivity contribution is 0.308. The molecule has 0 atom stereocenters. The summed E-state index contributed by atoms with van der Waals surface area (Å²) in [6.45, 7) is 0.360. The molecule has 55 heavy (non-hydrogen) atoms. The number of aromatic nitrogens is 1. The number of nitrogens with two attached hydrogens (primary N) is 1. The van der Waals surface area contributed by atoms with Crippen molar-refractivity contribution in [2.75, 3.05) is 10.6 Å². The van der Waals surface area contributed by atoms with Crippen LogP contribution in [0, 0.1) is 0 Å².